The predicted octanol–water partition coefficient (Wildman–Crippen LogP) is 4.44. The SMILES string of the molecule is CCOc1ccc2nc(NC(=O)c3cccc4c3ccn4C)sc2c1. The number of benzene rings is 2. The molecular formula is C19H17N3O2S. The van der Waals surface area contributed by atoms with Crippen molar-refractivity contribution in [2.45, 2.75) is 6.92 Å². The number of anilines is 1. The minimum Gasteiger partial charge on any atom is -0.494 e. The molecule has 0 saturated carbocycles. The maximum atomic E-state index is 12.7. The summed E-state index contributed by atoms with van der Waals surface area (Å²) in [4.78, 5) is 17.2. The van der Waals surface area contributed by atoms with E-state index < -0.39 is 0 Å². The molecule has 0 unspecified atom stereocenters. The third kappa shape index (κ3) is 2.85. The molecule has 0 fully saturated rings. The van der Waals surface area contributed by atoms with Crippen LogP contribution in [0.1, 0.15) is 17.3 Å². The molecule has 4 rings (SSSR count). The van der Waals surface area contributed by atoms with Gasteiger partial charge in [0, 0.05) is 29.7 Å². The second-order valence-corrected chi connectivity index (χ2v) is 6.73. The van der Waals surface area contributed by atoms with Crippen LogP contribution in [0.25, 0.3) is 21.1 Å². The molecule has 0 atom stereocenters. The summed E-state index contributed by atoms with van der Waals surface area (Å²) in [5, 5.41) is 4.44. The van der Waals surface area contributed by atoms with Crippen LogP contribution in [0.3, 0.4) is 0 Å². The molecule has 126 valence electrons. The lowest BCUT2D eigenvalue weighted by atomic mass is 10.1. The molecule has 25 heavy (non-hydrogen) atoms. The number of carbonyl (C=O) groups excluding carboxylic acids is 1. The van der Waals surface area contributed by atoms with Crippen LogP contribution in [-0.2, 0) is 7.05 Å². The number of rotatable bonds is 4. The molecule has 0 aliphatic heterocycles. The van der Waals surface area contributed by atoms with Gasteiger partial charge in [0.15, 0.2) is 5.13 Å². The summed E-state index contributed by atoms with van der Waals surface area (Å²) in [5.74, 6) is 0.659. The lowest BCUT2D eigenvalue weighted by Crippen LogP contribution is -2.11. The van der Waals surface area contributed by atoms with Crippen LogP contribution in [0.4, 0.5) is 5.13 Å². The van der Waals surface area contributed by atoms with Crippen LogP contribution in [0.15, 0.2) is 48.7 Å². The highest BCUT2D eigenvalue weighted by Gasteiger charge is 2.14. The lowest BCUT2D eigenvalue weighted by Gasteiger charge is -2.04. The van der Waals surface area contributed by atoms with Gasteiger partial charge in [-0.05, 0) is 43.3 Å². The third-order valence-corrected chi connectivity index (χ3v) is 5.00. The predicted molar refractivity (Wildman–Crippen MR) is 102 cm³/mol. The Balaban J connectivity index is 1.64. The Morgan fingerprint density at radius 2 is 2.16 bits per heavy atom. The Morgan fingerprint density at radius 3 is 3.00 bits per heavy atom. The molecule has 2 aromatic heterocycles. The number of aryl methyl sites for hydroxylation is 1. The summed E-state index contributed by atoms with van der Waals surface area (Å²) in [6.45, 7) is 2.57. The number of hydrogen-bond acceptors (Lipinski definition) is 4. The van der Waals surface area contributed by atoms with Gasteiger partial charge < -0.3 is 9.30 Å². The second-order valence-electron chi connectivity index (χ2n) is 5.70. The zero-order valence-corrected chi connectivity index (χ0v) is 14.8. The number of aromatic nitrogens is 2. The van der Waals surface area contributed by atoms with E-state index in [2.05, 4.69) is 10.3 Å². The van der Waals surface area contributed by atoms with Crippen LogP contribution in [-0.4, -0.2) is 22.1 Å². The summed E-state index contributed by atoms with van der Waals surface area (Å²) in [7, 11) is 1.97. The van der Waals surface area contributed by atoms with Gasteiger partial charge in [0.1, 0.15) is 5.75 Å². The second kappa shape index (κ2) is 6.22. The first-order valence-corrected chi connectivity index (χ1v) is 8.86. The Kier molecular flexibility index (Phi) is 3.89. The summed E-state index contributed by atoms with van der Waals surface area (Å²) in [5.41, 5.74) is 2.52. The van der Waals surface area contributed by atoms with Crippen LogP contribution in [0.5, 0.6) is 5.75 Å². The Morgan fingerprint density at radius 1 is 1.28 bits per heavy atom. The molecule has 6 heteroatoms. The third-order valence-electron chi connectivity index (χ3n) is 4.06. The molecule has 0 aliphatic rings. The molecule has 1 amide bonds. The molecule has 0 aliphatic carbocycles. The van der Waals surface area contributed by atoms with E-state index in [0.717, 1.165) is 26.9 Å². The Bertz CT molecular complexity index is 1080. The van der Waals surface area contributed by atoms with Crippen molar-refractivity contribution in [2.24, 2.45) is 7.05 Å². The van der Waals surface area contributed by atoms with Crippen molar-refractivity contribution in [3.63, 3.8) is 0 Å². The van der Waals surface area contributed by atoms with Crippen molar-refractivity contribution in [2.75, 3.05) is 11.9 Å². The van der Waals surface area contributed by atoms with Crippen molar-refractivity contribution < 1.29 is 9.53 Å². The number of amides is 1. The Labute approximate surface area is 148 Å². The summed E-state index contributed by atoms with van der Waals surface area (Å²) in [6, 6.07) is 13.4. The smallest absolute Gasteiger partial charge is 0.258 e. The number of nitrogens with zero attached hydrogens (tertiary/aromatic N) is 2. The molecule has 5 nitrogen and oxygen atoms in total. The first kappa shape index (κ1) is 15.7. The average molecular weight is 351 g/mol. The van der Waals surface area contributed by atoms with Gasteiger partial charge >= 0.3 is 0 Å². The number of carbonyl (C=O) groups is 1. The number of fused-ring (bicyclic) bond motifs is 2. The van der Waals surface area contributed by atoms with Gasteiger partial charge in [0.2, 0.25) is 0 Å². The van der Waals surface area contributed by atoms with E-state index in [9.17, 15) is 4.79 Å². The molecular weight excluding hydrogens is 334 g/mol. The highest BCUT2D eigenvalue weighted by atomic mass is 32.1. The number of thiazole rings is 1. The zero-order valence-electron chi connectivity index (χ0n) is 13.9. The summed E-state index contributed by atoms with van der Waals surface area (Å²) >= 11 is 1.44. The largest absolute Gasteiger partial charge is 0.494 e. The molecule has 4 aromatic rings. The van der Waals surface area contributed by atoms with E-state index in [1.54, 1.807) is 0 Å². The number of nitrogens with one attached hydrogen (secondary N) is 1. The van der Waals surface area contributed by atoms with Crippen molar-refractivity contribution in [1.82, 2.24) is 9.55 Å². The van der Waals surface area contributed by atoms with E-state index in [0.29, 0.717) is 17.3 Å². The minimum atomic E-state index is -0.152. The summed E-state index contributed by atoms with van der Waals surface area (Å²) < 4.78 is 8.50. The van der Waals surface area contributed by atoms with Gasteiger partial charge in [-0.25, -0.2) is 4.98 Å². The molecule has 2 heterocycles. The highest BCUT2D eigenvalue weighted by Crippen LogP contribution is 2.30. The van der Waals surface area contributed by atoms with E-state index in [1.165, 1.54) is 11.3 Å². The van der Waals surface area contributed by atoms with Crippen LogP contribution in [0, 0.1) is 0 Å². The fourth-order valence-electron chi connectivity index (χ4n) is 2.88. The maximum absolute atomic E-state index is 12.7. The number of ether oxygens (including phenoxy) is 1. The number of hydrogen-bond donors (Lipinski definition) is 1. The van der Waals surface area contributed by atoms with Crippen LogP contribution >= 0.6 is 11.3 Å². The van der Waals surface area contributed by atoms with E-state index in [-0.39, 0.29) is 5.91 Å². The normalized spacial score (nSPS) is 11.1. The molecule has 0 bridgehead atoms. The molecule has 2 aromatic carbocycles. The standard InChI is InChI=1S/C19H17N3O2S/c1-3-24-12-7-8-15-17(11-12)25-19(20-15)21-18(23)14-5-4-6-16-13(14)9-10-22(16)2/h4-11H,3H2,1-2H3,(H,20,21,23). The van der Waals surface area contributed by atoms with E-state index in [1.807, 2.05) is 67.2 Å². The fraction of sp³-hybridized carbons (Fsp3) is 0.158. The first-order valence-electron chi connectivity index (χ1n) is 8.04. The average Bonchev–Trinajstić information content (AvgIpc) is 3.18. The molecule has 0 spiro atoms. The van der Waals surface area contributed by atoms with E-state index >= 15 is 0 Å². The van der Waals surface area contributed by atoms with Crippen molar-refractivity contribution >= 4 is 43.5 Å². The van der Waals surface area contributed by atoms with Gasteiger partial charge in [-0.3, -0.25) is 10.1 Å². The minimum absolute atomic E-state index is 0.152. The van der Waals surface area contributed by atoms with Crippen LogP contribution < -0.4 is 10.1 Å². The van der Waals surface area contributed by atoms with Crippen molar-refractivity contribution in [3.05, 3.63) is 54.2 Å². The monoisotopic (exact) mass is 351 g/mol. The zero-order chi connectivity index (χ0) is 17.4. The quantitative estimate of drug-likeness (QED) is 0.591. The highest BCUT2D eigenvalue weighted by molar-refractivity contribution is 7.22. The Hall–Kier alpha value is -2.86. The topological polar surface area (TPSA) is 56.1 Å². The molecule has 1 N–H and O–H groups in total. The maximum Gasteiger partial charge on any atom is 0.258 e. The summed E-state index contributed by atoms with van der Waals surface area (Å²) in [6.07, 6.45) is 1.95. The molecule has 0 radical (unpaired) electrons. The van der Waals surface area contributed by atoms with Gasteiger partial charge in [-0.2, -0.15) is 0 Å². The lowest BCUT2D eigenvalue weighted by molar-refractivity contribution is 0.102. The van der Waals surface area contributed by atoms with Gasteiger partial charge in [0.05, 0.1) is 16.8 Å². The van der Waals surface area contributed by atoms with Crippen molar-refractivity contribution in [1.29, 1.82) is 0 Å². The van der Waals surface area contributed by atoms with Gasteiger partial charge in [-0.15, -0.1) is 0 Å². The van der Waals surface area contributed by atoms with Gasteiger partial charge in [0.25, 0.3) is 5.91 Å². The van der Waals surface area contributed by atoms with Crippen molar-refractivity contribution in [3.8, 4) is 5.75 Å². The van der Waals surface area contributed by atoms with Crippen LogP contribution in [0.2, 0.25) is 0 Å². The first-order chi connectivity index (χ1) is 12.2. The van der Waals surface area contributed by atoms with E-state index in [4.69, 9.17) is 4.74 Å². The molecule has 0 saturated heterocycles. The fourth-order valence-corrected chi connectivity index (χ4v) is 3.77. The van der Waals surface area contributed by atoms with Gasteiger partial charge in [-0.1, -0.05) is 17.4 Å².